The average molecular weight is 292 g/mol. The van der Waals surface area contributed by atoms with E-state index in [4.69, 9.17) is 0 Å². The quantitative estimate of drug-likeness (QED) is 0.709. The molecule has 12 heavy (non-hydrogen) atoms. The monoisotopic (exact) mass is 290 g/mol. The summed E-state index contributed by atoms with van der Waals surface area (Å²) in [6.07, 6.45) is 2.41. The fraction of sp³-hybridized carbons (Fsp3) is 0.400. The first-order valence-corrected chi connectivity index (χ1v) is 5.84. The Labute approximate surface area is 90.6 Å². The number of benzene rings is 1. The largest absolute Gasteiger partial charge is 0.0839 e. The summed E-state index contributed by atoms with van der Waals surface area (Å²) in [5, 5.41) is 0. The third kappa shape index (κ3) is 2.91. The molecule has 0 N–H and O–H groups in total. The molecule has 0 bridgehead atoms. The van der Waals surface area contributed by atoms with Crippen molar-refractivity contribution in [2.45, 2.75) is 24.6 Å². The molecule has 0 aliphatic heterocycles. The van der Waals surface area contributed by atoms with Crippen LogP contribution in [-0.4, -0.2) is 0 Å². The van der Waals surface area contributed by atoms with Crippen LogP contribution in [0.15, 0.2) is 28.7 Å². The fourth-order valence-electron chi connectivity index (χ4n) is 1.09. The number of halogens is 2. The van der Waals surface area contributed by atoms with Gasteiger partial charge in [0.05, 0.1) is 0 Å². The van der Waals surface area contributed by atoms with Crippen molar-refractivity contribution in [2.24, 2.45) is 0 Å². The molecule has 1 aromatic rings. The molecule has 0 aliphatic rings. The number of hydrogen-bond donors (Lipinski definition) is 0. The molecule has 1 aromatic carbocycles. The van der Waals surface area contributed by atoms with Crippen LogP contribution in [0.3, 0.4) is 0 Å². The molecule has 1 unspecified atom stereocenters. The van der Waals surface area contributed by atoms with Crippen molar-refractivity contribution in [2.75, 3.05) is 0 Å². The lowest BCUT2D eigenvalue weighted by atomic mass is 10.1. The van der Waals surface area contributed by atoms with E-state index in [-0.39, 0.29) is 0 Å². The van der Waals surface area contributed by atoms with Gasteiger partial charge in [-0.25, -0.2) is 0 Å². The Kier molecular flexibility index (Phi) is 4.30. The smallest absolute Gasteiger partial charge is 0.0395 e. The second-order valence-corrected chi connectivity index (χ2v) is 4.83. The Bertz CT molecular complexity index is 228. The highest BCUT2D eigenvalue weighted by atomic mass is 79.9. The van der Waals surface area contributed by atoms with E-state index < -0.39 is 0 Å². The summed E-state index contributed by atoms with van der Waals surface area (Å²) in [7, 11) is 0. The van der Waals surface area contributed by atoms with Crippen molar-refractivity contribution < 1.29 is 0 Å². The molecule has 0 heterocycles. The molecular formula is C10H12Br2. The van der Waals surface area contributed by atoms with Gasteiger partial charge in [0.2, 0.25) is 0 Å². The Hall–Kier alpha value is 0.180. The van der Waals surface area contributed by atoms with Crippen molar-refractivity contribution in [3.63, 3.8) is 0 Å². The van der Waals surface area contributed by atoms with Gasteiger partial charge < -0.3 is 0 Å². The molecule has 0 amide bonds. The summed E-state index contributed by atoms with van der Waals surface area (Å²) < 4.78 is 1.14. The lowest BCUT2D eigenvalue weighted by Gasteiger charge is -2.07. The number of hydrogen-bond acceptors (Lipinski definition) is 0. The molecule has 0 nitrogen and oxygen atoms in total. The number of rotatable bonds is 3. The molecular weight excluding hydrogens is 280 g/mol. The zero-order valence-electron chi connectivity index (χ0n) is 7.06. The van der Waals surface area contributed by atoms with Gasteiger partial charge in [-0.3, -0.25) is 0 Å². The normalized spacial score (nSPS) is 12.9. The molecule has 0 spiro atoms. The van der Waals surface area contributed by atoms with Gasteiger partial charge in [-0.1, -0.05) is 57.3 Å². The highest BCUT2D eigenvalue weighted by Gasteiger charge is 2.04. The average Bonchev–Trinajstić information content (AvgIpc) is 2.06. The van der Waals surface area contributed by atoms with Crippen LogP contribution in [0.1, 0.15) is 30.2 Å². The van der Waals surface area contributed by atoms with E-state index >= 15 is 0 Å². The molecule has 2 heteroatoms. The summed E-state index contributed by atoms with van der Waals surface area (Å²) in [5.74, 6) is 0. The minimum Gasteiger partial charge on any atom is -0.0839 e. The van der Waals surface area contributed by atoms with Crippen LogP contribution < -0.4 is 0 Å². The molecule has 0 fully saturated rings. The van der Waals surface area contributed by atoms with Gasteiger partial charge in [-0.2, -0.15) is 0 Å². The predicted octanol–water partition coefficient (Wildman–Crippen LogP) is 4.69. The SMILES string of the molecule is CCCC(Br)c1ccc(Br)cc1. The van der Waals surface area contributed by atoms with Crippen molar-refractivity contribution in [1.82, 2.24) is 0 Å². The van der Waals surface area contributed by atoms with Gasteiger partial charge >= 0.3 is 0 Å². The molecule has 0 saturated heterocycles. The number of alkyl halides is 1. The van der Waals surface area contributed by atoms with Gasteiger partial charge in [0.15, 0.2) is 0 Å². The first-order valence-electron chi connectivity index (χ1n) is 4.13. The van der Waals surface area contributed by atoms with E-state index in [0.717, 1.165) is 4.47 Å². The minimum atomic E-state index is 0.510. The molecule has 0 aromatic heterocycles. The van der Waals surface area contributed by atoms with Gasteiger partial charge in [0.25, 0.3) is 0 Å². The molecule has 0 aliphatic carbocycles. The Morgan fingerprint density at radius 2 is 1.83 bits per heavy atom. The fourth-order valence-corrected chi connectivity index (χ4v) is 2.12. The third-order valence-electron chi connectivity index (χ3n) is 1.77. The highest BCUT2D eigenvalue weighted by molar-refractivity contribution is 9.10. The Balaban J connectivity index is 2.68. The van der Waals surface area contributed by atoms with Crippen molar-refractivity contribution in [3.8, 4) is 0 Å². The Morgan fingerprint density at radius 3 is 2.33 bits per heavy atom. The lowest BCUT2D eigenvalue weighted by molar-refractivity contribution is 0.788. The molecule has 66 valence electrons. The first-order chi connectivity index (χ1) is 5.74. The van der Waals surface area contributed by atoms with Crippen molar-refractivity contribution >= 4 is 31.9 Å². The predicted molar refractivity (Wildman–Crippen MR) is 60.7 cm³/mol. The summed E-state index contributed by atoms with van der Waals surface area (Å²) in [5.41, 5.74) is 1.36. The van der Waals surface area contributed by atoms with Crippen LogP contribution in [0.4, 0.5) is 0 Å². The van der Waals surface area contributed by atoms with Crippen LogP contribution in [0, 0.1) is 0 Å². The van der Waals surface area contributed by atoms with E-state index in [9.17, 15) is 0 Å². The zero-order chi connectivity index (χ0) is 8.97. The lowest BCUT2D eigenvalue weighted by Crippen LogP contribution is -1.87. The Morgan fingerprint density at radius 1 is 1.25 bits per heavy atom. The highest BCUT2D eigenvalue weighted by Crippen LogP contribution is 2.28. The summed E-state index contributed by atoms with van der Waals surface area (Å²) in [6, 6.07) is 8.47. The maximum Gasteiger partial charge on any atom is 0.0395 e. The van der Waals surface area contributed by atoms with Crippen LogP contribution >= 0.6 is 31.9 Å². The molecule has 1 atom stereocenters. The van der Waals surface area contributed by atoms with Gasteiger partial charge in [-0.05, 0) is 24.1 Å². The maximum atomic E-state index is 3.66. The van der Waals surface area contributed by atoms with Crippen LogP contribution in [0.2, 0.25) is 0 Å². The van der Waals surface area contributed by atoms with Crippen molar-refractivity contribution in [1.29, 1.82) is 0 Å². The van der Waals surface area contributed by atoms with Crippen LogP contribution in [0.5, 0.6) is 0 Å². The van der Waals surface area contributed by atoms with E-state index in [1.54, 1.807) is 0 Å². The molecule has 1 rings (SSSR count). The zero-order valence-corrected chi connectivity index (χ0v) is 10.2. The van der Waals surface area contributed by atoms with E-state index in [0.29, 0.717) is 4.83 Å². The summed E-state index contributed by atoms with van der Waals surface area (Å²) >= 11 is 7.07. The topological polar surface area (TPSA) is 0 Å². The van der Waals surface area contributed by atoms with Crippen molar-refractivity contribution in [3.05, 3.63) is 34.3 Å². The second-order valence-electron chi connectivity index (χ2n) is 2.81. The maximum absolute atomic E-state index is 3.66. The van der Waals surface area contributed by atoms with E-state index in [1.807, 2.05) is 0 Å². The first kappa shape index (κ1) is 10.3. The standard InChI is InChI=1S/C10H12Br2/c1-2-3-10(12)8-4-6-9(11)7-5-8/h4-7,10H,2-3H2,1H3. The van der Waals surface area contributed by atoms with Crippen LogP contribution in [-0.2, 0) is 0 Å². The molecule has 0 radical (unpaired) electrons. The van der Waals surface area contributed by atoms with Gasteiger partial charge in [0.1, 0.15) is 0 Å². The summed E-state index contributed by atoms with van der Waals surface area (Å²) in [4.78, 5) is 0.510. The summed E-state index contributed by atoms with van der Waals surface area (Å²) in [6.45, 7) is 2.20. The molecule has 0 saturated carbocycles. The second kappa shape index (κ2) is 5.03. The van der Waals surface area contributed by atoms with Crippen LogP contribution in [0.25, 0.3) is 0 Å². The van der Waals surface area contributed by atoms with Gasteiger partial charge in [-0.15, -0.1) is 0 Å². The van der Waals surface area contributed by atoms with Gasteiger partial charge in [0, 0.05) is 9.30 Å². The van der Waals surface area contributed by atoms with E-state index in [2.05, 4.69) is 63.0 Å². The van der Waals surface area contributed by atoms with E-state index in [1.165, 1.54) is 18.4 Å². The minimum absolute atomic E-state index is 0.510. The third-order valence-corrected chi connectivity index (χ3v) is 3.29.